The lowest BCUT2D eigenvalue weighted by molar-refractivity contribution is 0.0944. The minimum Gasteiger partial charge on any atom is -0.497 e. The molecule has 0 bridgehead atoms. The summed E-state index contributed by atoms with van der Waals surface area (Å²) in [5.74, 6) is 1.07. The number of pyridine rings is 1. The number of ether oxygens (including phenoxy) is 1. The molecule has 204 valence electrons. The molecule has 1 aliphatic heterocycles. The Balaban J connectivity index is 1.19. The van der Waals surface area contributed by atoms with Crippen LogP contribution in [0.1, 0.15) is 30.8 Å². The molecule has 10 heteroatoms. The van der Waals surface area contributed by atoms with Crippen LogP contribution in [0, 0.1) is 0 Å². The van der Waals surface area contributed by atoms with E-state index in [-0.39, 0.29) is 5.91 Å². The lowest BCUT2D eigenvalue weighted by Crippen LogP contribution is -2.38. The van der Waals surface area contributed by atoms with E-state index in [1.54, 1.807) is 31.6 Å². The monoisotopic (exact) mass is 528 g/mol. The van der Waals surface area contributed by atoms with E-state index in [9.17, 15) is 4.79 Å². The molecule has 4 aromatic rings. The van der Waals surface area contributed by atoms with Crippen LogP contribution in [-0.2, 0) is 0 Å². The summed E-state index contributed by atoms with van der Waals surface area (Å²) in [6, 6.07) is 13.7. The van der Waals surface area contributed by atoms with E-state index in [1.807, 2.05) is 30.3 Å². The third-order valence-corrected chi connectivity index (χ3v) is 7.07. The van der Waals surface area contributed by atoms with Crippen LogP contribution in [0.4, 0.5) is 11.6 Å². The van der Waals surface area contributed by atoms with Gasteiger partial charge in [0.1, 0.15) is 11.4 Å². The number of carbonyl (C=O) groups excluding carboxylic acids is 1. The number of benzene rings is 1. The van der Waals surface area contributed by atoms with Gasteiger partial charge in [-0.25, -0.2) is 9.97 Å². The third-order valence-electron chi connectivity index (χ3n) is 7.07. The van der Waals surface area contributed by atoms with Crippen molar-refractivity contribution >= 4 is 28.4 Å². The van der Waals surface area contributed by atoms with Crippen molar-refractivity contribution in [3.63, 3.8) is 0 Å². The molecular weight excluding hydrogens is 492 g/mol. The van der Waals surface area contributed by atoms with Crippen LogP contribution in [0.2, 0.25) is 0 Å². The maximum Gasteiger partial charge on any atom is 0.267 e. The molecule has 39 heavy (non-hydrogen) atoms. The number of rotatable bonds is 9. The minimum absolute atomic E-state index is 0.0961. The van der Waals surface area contributed by atoms with Crippen LogP contribution in [0.25, 0.3) is 22.3 Å². The number of methoxy groups -OCH3 is 1. The number of hydrogen-bond donors (Lipinski definition) is 3. The summed E-state index contributed by atoms with van der Waals surface area (Å²) in [5, 5.41) is 7.25. The van der Waals surface area contributed by atoms with E-state index < -0.39 is 0 Å². The second-order valence-corrected chi connectivity index (χ2v) is 10.0. The molecule has 0 aliphatic carbocycles. The maximum atomic E-state index is 12.8. The number of hydrogen-bond acceptors (Lipinski definition) is 8. The molecule has 3 aromatic heterocycles. The number of aromatic amines is 1. The maximum absolute atomic E-state index is 12.8. The Morgan fingerprint density at radius 3 is 2.74 bits per heavy atom. The fraction of sp³-hybridized carbons (Fsp3) is 0.379. The van der Waals surface area contributed by atoms with Gasteiger partial charge in [0.15, 0.2) is 0 Å². The van der Waals surface area contributed by atoms with Crippen molar-refractivity contribution in [2.24, 2.45) is 0 Å². The van der Waals surface area contributed by atoms with Crippen molar-refractivity contribution in [1.82, 2.24) is 35.1 Å². The zero-order valence-corrected chi connectivity index (χ0v) is 22.8. The SMILES string of the molecule is COc1ccnc(-c2ccnc(Nc3ccc4[nH]c(C(=O)NCCN5CCCN(C(C)C)CC5)cc4c3)n2)c1. The van der Waals surface area contributed by atoms with E-state index in [1.165, 1.54) is 0 Å². The molecular formula is C29H36N8O2. The molecule has 10 nitrogen and oxygen atoms in total. The van der Waals surface area contributed by atoms with Crippen molar-refractivity contribution in [2.75, 3.05) is 51.7 Å². The molecule has 1 aliphatic rings. The summed E-state index contributed by atoms with van der Waals surface area (Å²) in [5.41, 5.74) is 3.64. The smallest absolute Gasteiger partial charge is 0.267 e. The van der Waals surface area contributed by atoms with E-state index in [0.29, 0.717) is 41.4 Å². The number of anilines is 2. The molecule has 3 N–H and O–H groups in total. The van der Waals surface area contributed by atoms with Crippen LogP contribution >= 0.6 is 0 Å². The minimum atomic E-state index is -0.0961. The van der Waals surface area contributed by atoms with Gasteiger partial charge >= 0.3 is 0 Å². The van der Waals surface area contributed by atoms with Gasteiger partial charge in [-0.05, 0) is 69.8 Å². The summed E-state index contributed by atoms with van der Waals surface area (Å²) in [4.78, 5) is 34.4. The second kappa shape index (κ2) is 12.2. The van der Waals surface area contributed by atoms with Gasteiger partial charge < -0.3 is 25.3 Å². The first-order valence-corrected chi connectivity index (χ1v) is 13.5. The normalized spacial score (nSPS) is 14.9. The summed E-state index contributed by atoms with van der Waals surface area (Å²) in [6.07, 6.45) is 4.54. The van der Waals surface area contributed by atoms with Crippen LogP contribution in [-0.4, -0.2) is 88.1 Å². The highest BCUT2D eigenvalue weighted by Crippen LogP contribution is 2.24. The van der Waals surface area contributed by atoms with Crippen molar-refractivity contribution in [3.05, 3.63) is 60.6 Å². The van der Waals surface area contributed by atoms with E-state index >= 15 is 0 Å². The Bertz CT molecular complexity index is 1420. The van der Waals surface area contributed by atoms with Crippen LogP contribution in [0.15, 0.2) is 54.9 Å². The fourth-order valence-electron chi connectivity index (χ4n) is 4.86. The highest BCUT2D eigenvalue weighted by molar-refractivity contribution is 5.98. The molecule has 5 rings (SSSR count). The van der Waals surface area contributed by atoms with Gasteiger partial charge in [-0.3, -0.25) is 14.7 Å². The average Bonchev–Trinajstić information content (AvgIpc) is 3.23. The van der Waals surface area contributed by atoms with E-state index in [2.05, 4.69) is 54.2 Å². The molecule has 0 unspecified atom stereocenters. The number of nitrogens with zero attached hydrogens (tertiary/aromatic N) is 5. The quantitative estimate of drug-likeness (QED) is 0.300. The van der Waals surface area contributed by atoms with Gasteiger partial charge in [0.25, 0.3) is 5.91 Å². The van der Waals surface area contributed by atoms with E-state index in [4.69, 9.17) is 4.74 Å². The van der Waals surface area contributed by atoms with Crippen molar-refractivity contribution < 1.29 is 9.53 Å². The predicted molar refractivity (Wildman–Crippen MR) is 153 cm³/mol. The Hall–Kier alpha value is -4.02. The first kappa shape index (κ1) is 26.6. The standard InChI is InChI=1S/C29H36N8O2/c1-20(2)37-13-4-12-36(15-16-37)14-11-31-28(38)27-18-21-17-22(5-6-24(21)34-27)33-29-32-10-8-25(35-29)26-19-23(39-3)7-9-30-26/h5-10,17-20,34H,4,11-16H2,1-3H3,(H,31,38)(H,32,33,35). The Kier molecular flexibility index (Phi) is 8.33. The molecule has 4 heterocycles. The van der Waals surface area contributed by atoms with Gasteiger partial charge in [-0.1, -0.05) is 0 Å². The molecule has 1 saturated heterocycles. The number of amides is 1. The predicted octanol–water partition coefficient (Wildman–Crippen LogP) is 3.92. The zero-order valence-electron chi connectivity index (χ0n) is 22.8. The number of aromatic nitrogens is 4. The summed E-state index contributed by atoms with van der Waals surface area (Å²) < 4.78 is 5.29. The Morgan fingerprint density at radius 2 is 1.90 bits per heavy atom. The number of H-pyrrole nitrogens is 1. The summed E-state index contributed by atoms with van der Waals surface area (Å²) >= 11 is 0. The summed E-state index contributed by atoms with van der Waals surface area (Å²) in [7, 11) is 1.62. The van der Waals surface area contributed by atoms with Crippen LogP contribution < -0.4 is 15.4 Å². The highest BCUT2D eigenvalue weighted by atomic mass is 16.5. The highest BCUT2D eigenvalue weighted by Gasteiger charge is 2.17. The largest absolute Gasteiger partial charge is 0.497 e. The second-order valence-electron chi connectivity index (χ2n) is 10.0. The molecule has 0 radical (unpaired) electrons. The topological polar surface area (TPSA) is 111 Å². The molecule has 0 atom stereocenters. The Labute approximate surface area is 228 Å². The molecule has 1 amide bonds. The van der Waals surface area contributed by atoms with Crippen molar-refractivity contribution in [2.45, 2.75) is 26.3 Å². The molecule has 0 spiro atoms. The average molecular weight is 529 g/mol. The van der Waals surface area contributed by atoms with Gasteiger partial charge in [-0.15, -0.1) is 0 Å². The van der Waals surface area contributed by atoms with Crippen molar-refractivity contribution in [1.29, 1.82) is 0 Å². The molecule has 1 aromatic carbocycles. The van der Waals surface area contributed by atoms with Gasteiger partial charge in [0, 0.05) is 67.3 Å². The van der Waals surface area contributed by atoms with Gasteiger partial charge in [-0.2, -0.15) is 0 Å². The first-order valence-electron chi connectivity index (χ1n) is 13.5. The number of nitrogens with one attached hydrogen (secondary N) is 3. The van der Waals surface area contributed by atoms with Crippen molar-refractivity contribution in [3.8, 4) is 17.1 Å². The number of carbonyl (C=O) groups is 1. The third kappa shape index (κ3) is 6.71. The number of fused-ring (bicyclic) bond motifs is 1. The van der Waals surface area contributed by atoms with Gasteiger partial charge in [0.05, 0.1) is 18.5 Å². The zero-order chi connectivity index (χ0) is 27.2. The molecule has 1 fully saturated rings. The van der Waals surface area contributed by atoms with Gasteiger partial charge in [0.2, 0.25) is 5.95 Å². The molecule has 0 saturated carbocycles. The lowest BCUT2D eigenvalue weighted by atomic mass is 10.2. The van der Waals surface area contributed by atoms with Crippen LogP contribution in [0.5, 0.6) is 5.75 Å². The lowest BCUT2D eigenvalue weighted by Gasteiger charge is -2.24. The van der Waals surface area contributed by atoms with E-state index in [0.717, 1.165) is 55.7 Å². The summed E-state index contributed by atoms with van der Waals surface area (Å²) in [6.45, 7) is 10.3. The first-order chi connectivity index (χ1) is 19.0. The Morgan fingerprint density at radius 1 is 1.03 bits per heavy atom. The fourth-order valence-corrected chi connectivity index (χ4v) is 4.86. The van der Waals surface area contributed by atoms with Crippen LogP contribution in [0.3, 0.4) is 0 Å².